The molecule has 0 aliphatic carbocycles. The number of nitrogens with zero attached hydrogens (tertiary/aromatic N) is 3. The Morgan fingerprint density at radius 3 is 2.23 bits per heavy atom. The van der Waals surface area contributed by atoms with Gasteiger partial charge in [-0.2, -0.15) is 4.98 Å². The topological polar surface area (TPSA) is 123 Å². The van der Waals surface area contributed by atoms with E-state index in [1.165, 1.54) is 6.07 Å². The van der Waals surface area contributed by atoms with Crippen LogP contribution in [0.1, 0.15) is 39.2 Å². The summed E-state index contributed by atoms with van der Waals surface area (Å²) < 4.78 is 25.5. The smallest absolute Gasteiger partial charge is 0.324 e. The van der Waals surface area contributed by atoms with Gasteiger partial charge >= 0.3 is 11.9 Å². The molecule has 1 fully saturated rings. The van der Waals surface area contributed by atoms with Gasteiger partial charge in [-0.3, -0.25) is 19.3 Å². The van der Waals surface area contributed by atoms with Gasteiger partial charge in [0.15, 0.2) is 17.8 Å². The average molecular weight is 600 g/mol. The molecule has 1 aliphatic rings. The molecule has 0 bridgehead atoms. The molecular weight excluding hydrogens is 565 g/mol. The van der Waals surface area contributed by atoms with E-state index in [9.17, 15) is 23.9 Å². The highest BCUT2D eigenvalue weighted by molar-refractivity contribution is 6.00. The van der Waals surface area contributed by atoms with Crippen molar-refractivity contribution in [2.24, 2.45) is 10.8 Å². The summed E-state index contributed by atoms with van der Waals surface area (Å²) in [5.41, 5.74) is 1.10. The first-order valence-electron chi connectivity index (χ1n) is 14.4. The minimum atomic E-state index is -1.67. The third-order valence-corrected chi connectivity index (χ3v) is 8.03. The van der Waals surface area contributed by atoms with Gasteiger partial charge in [-0.05, 0) is 36.1 Å². The van der Waals surface area contributed by atoms with Crippen molar-refractivity contribution in [1.82, 2.24) is 15.0 Å². The van der Waals surface area contributed by atoms with Crippen molar-refractivity contribution in [2.75, 3.05) is 19.7 Å². The Morgan fingerprint density at radius 1 is 0.955 bits per heavy atom. The highest BCUT2D eigenvalue weighted by Crippen LogP contribution is 2.35. The van der Waals surface area contributed by atoms with Crippen LogP contribution in [-0.4, -0.2) is 57.6 Å². The van der Waals surface area contributed by atoms with E-state index in [0.717, 1.165) is 16.7 Å². The van der Waals surface area contributed by atoms with Gasteiger partial charge in [0.25, 0.3) is 5.89 Å². The maximum absolute atomic E-state index is 14.9. The number of ether oxygens (including phenoxy) is 1. The lowest BCUT2D eigenvalue weighted by atomic mass is 9.78. The second-order valence-corrected chi connectivity index (χ2v) is 12.1. The molecule has 1 saturated heterocycles. The average Bonchev–Trinajstić information content (AvgIpc) is 3.51. The summed E-state index contributed by atoms with van der Waals surface area (Å²) >= 11 is 0. The maximum atomic E-state index is 14.9. The molecule has 0 atom stereocenters. The van der Waals surface area contributed by atoms with Gasteiger partial charge in [0.2, 0.25) is 5.82 Å². The minimum absolute atomic E-state index is 0.0848. The monoisotopic (exact) mass is 599 g/mol. The summed E-state index contributed by atoms with van der Waals surface area (Å²) in [6, 6.07) is 21.7. The normalized spacial score (nSPS) is 15.1. The number of carboxylic acid groups (broad SMARTS) is 1. The summed E-state index contributed by atoms with van der Waals surface area (Å²) in [7, 11) is 0. The Balaban J connectivity index is 1.19. The van der Waals surface area contributed by atoms with Gasteiger partial charge in [0, 0.05) is 41.7 Å². The molecule has 1 aliphatic heterocycles. The Hall–Kier alpha value is -4.70. The second-order valence-electron chi connectivity index (χ2n) is 12.1. The van der Waals surface area contributed by atoms with E-state index in [0.29, 0.717) is 36.6 Å². The molecule has 0 amide bonds. The quantitative estimate of drug-likeness (QED) is 0.181. The lowest BCUT2D eigenvalue weighted by Gasteiger charge is -2.37. The van der Waals surface area contributed by atoms with E-state index in [-0.39, 0.29) is 30.3 Å². The number of halogens is 1. The SMILES string of the molecule is CC(C)(C)C(=O)COC(=O)C1(C(=O)O)CCN(Cc2ccc(-c3noc(-c4ccc(-c5ccccc5)c(F)c4)n3)cc2)CC1. The third kappa shape index (κ3) is 6.60. The van der Waals surface area contributed by atoms with Crippen LogP contribution in [0, 0.1) is 16.6 Å². The number of carbonyl (C=O) groups excluding carboxylic acids is 2. The van der Waals surface area contributed by atoms with Crippen molar-refractivity contribution >= 4 is 17.7 Å². The number of rotatable bonds is 9. The third-order valence-electron chi connectivity index (χ3n) is 8.03. The summed E-state index contributed by atoms with van der Waals surface area (Å²) in [5.74, 6) is -2.17. The van der Waals surface area contributed by atoms with Gasteiger partial charge in [0.05, 0.1) is 0 Å². The van der Waals surface area contributed by atoms with Crippen LogP contribution in [0.15, 0.2) is 77.3 Å². The number of esters is 1. The molecule has 0 spiro atoms. The van der Waals surface area contributed by atoms with E-state index in [4.69, 9.17) is 9.26 Å². The van der Waals surface area contributed by atoms with Crippen molar-refractivity contribution < 1.29 is 33.1 Å². The van der Waals surface area contributed by atoms with Gasteiger partial charge in [-0.25, -0.2) is 4.39 Å². The first kappa shape index (κ1) is 30.7. The van der Waals surface area contributed by atoms with Crippen molar-refractivity contribution in [2.45, 2.75) is 40.2 Å². The van der Waals surface area contributed by atoms with Crippen LogP contribution in [0.4, 0.5) is 4.39 Å². The van der Waals surface area contributed by atoms with Crippen LogP contribution in [0.5, 0.6) is 0 Å². The van der Waals surface area contributed by atoms with Crippen molar-refractivity contribution in [3.63, 3.8) is 0 Å². The highest BCUT2D eigenvalue weighted by Gasteiger charge is 2.50. The van der Waals surface area contributed by atoms with Gasteiger partial charge < -0.3 is 14.4 Å². The lowest BCUT2D eigenvalue weighted by molar-refractivity contribution is -0.174. The molecule has 2 heterocycles. The molecule has 1 aromatic heterocycles. The number of hydrogen-bond donors (Lipinski definition) is 1. The van der Waals surface area contributed by atoms with Crippen LogP contribution in [-0.2, 0) is 25.7 Å². The van der Waals surface area contributed by atoms with Crippen LogP contribution < -0.4 is 0 Å². The van der Waals surface area contributed by atoms with Crippen molar-refractivity contribution in [3.8, 4) is 34.0 Å². The van der Waals surface area contributed by atoms with Crippen molar-refractivity contribution in [3.05, 3.63) is 84.2 Å². The van der Waals surface area contributed by atoms with Crippen LogP contribution >= 0.6 is 0 Å². The van der Waals surface area contributed by atoms with E-state index < -0.39 is 29.4 Å². The van der Waals surface area contributed by atoms with Crippen molar-refractivity contribution in [1.29, 1.82) is 0 Å². The first-order valence-corrected chi connectivity index (χ1v) is 14.4. The van der Waals surface area contributed by atoms with Crippen LogP contribution in [0.2, 0.25) is 0 Å². The fourth-order valence-electron chi connectivity index (χ4n) is 5.06. The van der Waals surface area contributed by atoms with E-state index in [1.54, 1.807) is 32.9 Å². The molecule has 0 unspecified atom stereocenters. The van der Waals surface area contributed by atoms with Crippen LogP contribution in [0.3, 0.4) is 0 Å². The predicted molar refractivity (Wildman–Crippen MR) is 161 cm³/mol. The highest BCUT2D eigenvalue weighted by atomic mass is 19.1. The number of aromatic nitrogens is 2. The predicted octanol–water partition coefficient (Wildman–Crippen LogP) is 6.03. The fraction of sp³-hybridized carbons (Fsp3) is 0.324. The molecule has 5 rings (SSSR count). The molecule has 10 heteroatoms. The molecule has 0 radical (unpaired) electrons. The zero-order valence-electron chi connectivity index (χ0n) is 24.9. The maximum Gasteiger partial charge on any atom is 0.324 e. The fourth-order valence-corrected chi connectivity index (χ4v) is 5.06. The van der Waals surface area contributed by atoms with E-state index in [2.05, 4.69) is 15.0 Å². The molecule has 0 saturated carbocycles. The molecular formula is C34H34FN3O6. The van der Waals surface area contributed by atoms with E-state index in [1.807, 2.05) is 54.6 Å². The summed E-state index contributed by atoms with van der Waals surface area (Å²) in [6.45, 7) is 6.03. The molecule has 9 nitrogen and oxygen atoms in total. The van der Waals surface area contributed by atoms with Gasteiger partial charge in [-0.15, -0.1) is 0 Å². The summed E-state index contributed by atoms with van der Waals surface area (Å²) in [5, 5.41) is 14.0. The summed E-state index contributed by atoms with van der Waals surface area (Å²) in [6.07, 6.45) is 0.170. The van der Waals surface area contributed by atoms with E-state index >= 15 is 0 Å². The Bertz CT molecular complexity index is 1650. The zero-order chi connectivity index (χ0) is 31.5. The molecule has 4 aromatic rings. The number of aliphatic carboxylic acids is 1. The largest absolute Gasteiger partial charge is 0.480 e. The second kappa shape index (κ2) is 12.5. The van der Waals surface area contributed by atoms with Gasteiger partial charge in [0.1, 0.15) is 5.82 Å². The lowest BCUT2D eigenvalue weighted by Crippen LogP contribution is -2.50. The van der Waals surface area contributed by atoms with Gasteiger partial charge in [-0.1, -0.05) is 86.6 Å². The number of carbonyl (C=O) groups is 3. The molecule has 3 aromatic carbocycles. The van der Waals surface area contributed by atoms with Crippen LogP contribution in [0.25, 0.3) is 34.0 Å². The zero-order valence-corrected chi connectivity index (χ0v) is 24.9. The summed E-state index contributed by atoms with van der Waals surface area (Å²) in [4.78, 5) is 43.6. The number of hydrogen-bond acceptors (Lipinski definition) is 8. The molecule has 1 N–H and O–H groups in total. The Kier molecular flexibility index (Phi) is 8.73. The number of piperidine rings is 1. The Labute approximate surface area is 254 Å². The number of Topliss-reactive ketones (excluding diaryl/α,β-unsaturated/α-hetero) is 1. The molecule has 44 heavy (non-hydrogen) atoms. The molecule has 228 valence electrons. The standard InChI is InChI=1S/C34H34FN3O6/c1-33(2,3)28(39)21-43-32(42)34(31(40)41)15-17-38(18-16-34)20-22-9-11-24(12-10-22)29-36-30(44-37-29)25-13-14-26(27(35)19-25)23-7-5-4-6-8-23/h4-14,19H,15-18,20-21H2,1-3H3,(H,40,41). The number of likely N-dealkylation sites (tertiary alicyclic amines) is 1. The number of ketones is 1. The number of benzene rings is 3. The number of carboxylic acids is 1. The minimum Gasteiger partial charge on any atom is -0.480 e. The Morgan fingerprint density at radius 2 is 1.61 bits per heavy atom. The first-order chi connectivity index (χ1) is 21.0.